The lowest BCUT2D eigenvalue weighted by molar-refractivity contribution is 0.229. The molecule has 1 fully saturated rings. The van der Waals surface area contributed by atoms with Crippen LogP contribution < -0.4 is 10.2 Å². The van der Waals surface area contributed by atoms with Gasteiger partial charge in [-0.1, -0.05) is 23.2 Å². The van der Waals surface area contributed by atoms with Crippen LogP contribution in [0, 0.1) is 0 Å². The fraction of sp³-hybridized carbons (Fsp3) is 0.643. The van der Waals surface area contributed by atoms with Gasteiger partial charge in [-0.15, -0.1) is 0 Å². The first-order valence-corrected chi connectivity index (χ1v) is 7.92. The molecule has 0 spiro atoms. The zero-order chi connectivity index (χ0) is 15.4. The molecule has 0 amide bonds. The van der Waals surface area contributed by atoms with Gasteiger partial charge in [0.05, 0.1) is 10.0 Å². The molecular weight excluding hydrogens is 309 g/mol. The molecule has 2 rings (SSSR count). The van der Waals surface area contributed by atoms with Crippen molar-refractivity contribution in [1.82, 2.24) is 14.8 Å². The molecule has 0 atom stereocenters. The summed E-state index contributed by atoms with van der Waals surface area (Å²) in [7, 11) is 6.02. The lowest BCUT2D eigenvalue weighted by Crippen LogP contribution is -2.48. The summed E-state index contributed by atoms with van der Waals surface area (Å²) in [6.07, 6.45) is 0. The molecule has 1 aliphatic heterocycles. The van der Waals surface area contributed by atoms with Gasteiger partial charge in [0, 0.05) is 46.3 Å². The Hall–Kier alpha value is -0.750. The number of aromatic nitrogens is 1. The topological polar surface area (TPSA) is 34.6 Å². The van der Waals surface area contributed by atoms with Crippen molar-refractivity contribution in [2.24, 2.45) is 0 Å². The van der Waals surface area contributed by atoms with Crippen molar-refractivity contribution in [3.05, 3.63) is 16.1 Å². The summed E-state index contributed by atoms with van der Waals surface area (Å²) in [5.41, 5.74) is 0. The maximum absolute atomic E-state index is 6.29. The van der Waals surface area contributed by atoms with Crippen LogP contribution >= 0.6 is 23.2 Å². The van der Waals surface area contributed by atoms with Gasteiger partial charge in [0.25, 0.3) is 0 Å². The van der Waals surface area contributed by atoms with E-state index in [9.17, 15) is 0 Å². The molecule has 1 aromatic heterocycles. The van der Waals surface area contributed by atoms with Crippen molar-refractivity contribution < 1.29 is 0 Å². The zero-order valence-corrected chi connectivity index (χ0v) is 14.4. The van der Waals surface area contributed by atoms with E-state index < -0.39 is 0 Å². The van der Waals surface area contributed by atoms with E-state index in [0.717, 1.165) is 45.1 Å². The summed E-state index contributed by atoms with van der Waals surface area (Å²) in [5, 5.41) is 4.16. The summed E-state index contributed by atoms with van der Waals surface area (Å²) in [6.45, 7) is 6.12. The smallest absolute Gasteiger partial charge is 0.150 e. The molecule has 2 heterocycles. The first-order valence-electron chi connectivity index (χ1n) is 7.17. The Labute approximate surface area is 136 Å². The molecule has 1 saturated heterocycles. The van der Waals surface area contributed by atoms with E-state index in [1.165, 1.54) is 0 Å². The van der Waals surface area contributed by atoms with Crippen LogP contribution in [0.5, 0.6) is 0 Å². The van der Waals surface area contributed by atoms with Crippen molar-refractivity contribution in [2.45, 2.75) is 0 Å². The summed E-state index contributed by atoms with van der Waals surface area (Å²) in [5.74, 6) is 1.49. The molecule has 1 aliphatic rings. The number of piperazine rings is 1. The number of hydrogen-bond donors (Lipinski definition) is 1. The molecule has 0 unspecified atom stereocenters. The van der Waals surface area contributed by atoms with Crippen LogP contribution in [-0.2, 0) is 0 Å². The van der Waals surface area contributed by atoms with Gasteiger partial charge in [-0.05, 0) is 20.2 Å². The molecule has 118 valence electrons. The molecule has 0 bridgehead atoms. The minimum absolute atomic E-state index is 0.552. The molecule has 7 heteroatoms. The highest BCUT2D eigenvalue weighted by Gasteiger charge is 2.21. The fourth-order valence-corrected chi connectivity index (χ4v) is 2.95. The van der Waals surface area contributed by atoms with Crippen molar-refractivity contribution in [2.75, 3.05) is 70.6 Å². The molecular formula is C14H23Cl2N5. The average Bonchev–Trinajstić information content (AvgIpc) is 2.46. The highest BCUT2D eigenvalue weighted by molar-refractivity contribution is 6.37. The van der Waals surface area contributed by atoms with Crippen molar-refractivity contribution in [3.8, 4) is 0 Å². The average molecular weight is 332 g/mol. The Morgan fingerprint density at radius 2 is 1.86 bits per heavy atom. The molecule has 0 saturated carbocycles. The standard InChI is InChI=1S/C14H23Cl2N5/c1-17-13-11(15)10-12(16)14(18-13)21-8-6-20(7-9-21)5-4-19(2)3/h10H,4-9H2,1-3H3,(H,17,18). The Morgan fingerprint density at radius 1 is 1.19 bits per heavy atom. The molecule has 21 heavy (non-hydrogen) atoms. The van der Waals surface area contributed by atoms with E-state index in [4.69, 9.17) is 23.2 Å². The van der Waals surface area contributed by atoms with Crippen LogP contribution in [0.2, 0.25) is 10.0 Å². The second-order valence-corrected chi connectivity index (χ2v) is 6.32. The second kappa shape index (κ2) is 7.49. The summed E-state index contributed by atoms with van der Waals surface area (Å²) in [6, 6.07) is 1.76. The van der Waals surface area contributed by atoms with Crippen molar-refractivity contribution in [3.63, 3.8) is 0 Å². The first kappa shape index (κ1) is 16.6. The minimum atomic E-state index is 0.552. The summed E-state index contributed by atoms with van der Waals surface area (Å²) in [4.78, 5) is 11.4. The lowest BCUT2D eigenvalue weighted by Gasteiger charge is -2.36. The van der Waals surface area contributed by atoms with Gasteiger partial charge in [-0.25, -0.2) is 4.98 Å². The van der Waals surface area contributed by atoms with Gasteiger partial charge in [-0.3, -0.25) is 4.90 Å². The van der Waals surface area contributed by atoms with Crippen molar-refractivity contribution >= 4 is 34.8 Å². The van der Waals surface area contributed by atoms with Crippen LogP contribution in [0.4, 0.5) is 11.6 Å². The minimum Gasteiger partial charge on any atom is -0.372 e. The largest absolute Gasteiger partial charge is 0.372 e. The molecule has 1 aromatic rings. The van der Waals surface area contributed by atoms with E-state index >= 15 is 0 Å². The lowest BCUT2D eigenvalue weighted by atomic mass is 10.3. The molecule has 1 N–H and O–H groups in total. The van der Waals surface area contributed by atoms with Gasteiger partial charge in [0.15, 0.2) is 0 Å². The van der Waals surface area contributed by atoms with Gasteiger partial charge >= 0.3 is 0 Å². The number of rotatable bonds is 5. The third-order valence-corrected chi connectivity index (χ3v) is 4.25. The molecule has 0 aromatic carbocycles. The van der Waals surface area contributed by atoms with E-state index in [2.05, 4.69) is 39.1 Å². The van der Waals surface area contributed by atoms with Gasteiger partial charge < -0.3 is 15.1 Å². The SMILES string of the molecule is CNc1nc(N2CCN(CCN(C)C)CC2)c(Cl)cc1Cl. The van der Waals surface area contributed by atoms with Crippen LogP contribution in [0.1, 0.15) is 0 Å². The zero-order valence-electron chi connectivity index (χ0n) is 12.9. The quantitative estimate of drug-likeness (QED) is 0.893. The van der Waals surface area contributed by atoms with E-state index in [0.29, 0.717) is 15.9 Å². The Bertz CT molecular complexity index is 473. The normalized spacial score (nSPS) is 16.6. The highest BCUT2D eigenvalue weighted by atomic mass is 35.5. The highest BCUT2D eigenvalue weighted by Crippen LogP contribution is 2.31. The number of halogens is 2. The fourth-order valence-electron chi connectivity index (χ4n) is 2.38. The van der Waals surface area contributed by atoms with E-state index in [1.54, 1.807) is 6.07 Å². The maximum Gasteiger partial charge on any atom is 0.150 e. The number of nitrogens with one attached hydrogen (secondary N) is 1. The van der Waals surface area contributed by atoms with Gasteiger partial charge in [-0.2, -0.15) is 0 Å². The number of pyridine rings is 1. The van der Waals surface area contributed by atoms with Gasteiger partial charge in [0.1, 0.15) is 11.6 Å². The molecule has 0 aliphatic carbocycles. The Balaban J connectivity index is 1.99. The predicted octanol–water partition coefficient (Wildman–Crippen LogP) is 2.11. The Morgan fingerprint density at radius 3 is 2.43 bits per heavy atom. The third-order valence-electron chi connectivity index (χ3n) is 3.68. The second-order valence-electron chi connectivity index (χ2n) is 5.51. The third kappa shape index (κ3) is 4.36. The number of likely N-dealkylation sites (N-methyl/N-ethyl adjacent to an activating group) is 1. The number of nitrogens with zero attached hydrogens (tertiary/aromatic N) is 4. The van der Waals surface area contributed by atoms with Crippen LogP contribution in [0.3, 0.4) is 0 Å². The first-order chi connectivity index (χ1) is 10.0. The number of hydrogen-bond acceptors (Lipinski definition) is 5. The predicted molar refractivity (Wildman–Crippen MR) is 91.0 cm³/mol. The van der Waals surface area contributed by atoms with Crippen molar-refractivity contribution in [1.29, 1.82) is 0 Å². The summed E-state index contributed by atoms with van der Waals surface area (Å²) < 4.78 is 0. The Kier molecular flexibility index (Phi) is 5.93. The maximum atomic E-state index is 6.29. The van der Waals surface area contributed by atoms with Crippen LogP contribution in [-0.4, -0.2) is 75.2 Å². The van der Waals surface area contributed by atoms with E-state index in [1.807, 2.05) is 7.05 Å². The van der Waals surface area contributed by atoms with Gasteiger partial charge in [0.2, 0.25) is 0 Å². The monoisotopic (exact) mass is 331 g/mol. The van der Waals surface area contributed by atoms with E-state index in [-0.39, 0.29) is 0 Å². The van der Waals surface area contributed by atoms with Crippen LogP contribution in [0.25, 0.3) is 0 Å². The summed E-state index contributed by atoms with van der Waals surface area (Å²) >= 11 is 12.4. The molecule has 5 nitrogen and oxygen atoms in total. The van der Waals surface area contributed by atoms with Crippen LogP contribution in [0.15, 0.2) is 6.07 Å². The number of anilines is 2. The molecule has 0 radical (unpaired) electrons.